The number of thioether (sulfide) groups is 1. The molecule has 0 spiro atoms. The Morgan fingerprint density at radius 2 is 2.00 bits per heavy atom. The highest BCUT2D eigenvalue weighted by molar-refractivity contribution is 8.01. The van der Waals surface area contributed by atoms with Gasteiger partial charge < -0.3 is 0 Å². The van der Waals surface area contributed by atoms with Crippen LogP contribution in [-0.2, 0) is 14.6 Å². The molecule has 0 atom stereocenters. The lowest BCUT2D eigenvalue weighted by atomic mass is 10.1. The highest BCUT2D eigenvalue weighted by Crippen LogP contribution is 2.42. The summed E-state index contributed by atoms with van der Waals surface area (Å²) in [5, 5.41) is 11.0. The minimum atomic E-state index is -3.84. The van der Waals surface area contributed by atoms with Crippen LogP contribution in [0.25, 0.3) is 0 Å². The summed E-state index contributed by atoms with van der Waals surface area (Å²) >= 11 is 2.70. The molecule has 0 unspecified atom stereocenters. The molecule has 28 heavy (non-hydrogen) atoms. The maximum atomic E-state index is 13.5. The molecule has 1 amide bonds. The lowest BCUT2D eigenvalue weighted by Crippen LogP contribution is -2.47. The second kappa shape index (κ2) is 8.34. The van der Waals surface area contributed by atoms with E-state index in [9.17, 15) is 13.2 Å². The number of rotatable bonds is 7. The Bertz CT molecular complexity index is 993. The zero-order valence-electron chi connectivity index (χ0n) is 15.9. The number of hydrogen-bond donors (Lipinski definition) is 1. The van der Waals surface area contributed by atoms with E-state index in [1.807, 2.05) is 13.8 Å². The Labute approximate surface area is 173 Å². The summed E-state index contributed by atoms with van der Waals surface area (Å²) in [6.45, 7) is 7.47. The molecular formula is C19H23N3O3S3. The van der Waals surface area contributed by atoms with Crippen LogP contribution in [0.2, 0.25) is 0 Å². The molecule has 6 nitrogen and oxygen atoms in total. The molecular weight excluding hydrogens is 414 g/mol. The van der Waals surface area contributed by atoms with Crippen LogP contribution in [0.3, 0.4) is 0 Å². The molecule has 9 heteroatoms. The minimum absolute atomic E-state index is 0.201. The average molecular weight is 438 g/mol. The van der Waals surface area contributed by atoms with Crippen LogP contribution >= 0.6 is 23.1 Å². The second-order valence-corrected chi connectivity index (χ2v) is 11.4. The molecule has 3 rings (SSSR count). The maximum absolute atomic E-state index is 13.5. The van der Waals surface area contributed by atoms with E-state index in [1.165, 1.54) is 23.1 Å². The van der Waals surface area contributed by atoms with Gasteiger partial charge >= 0.3 is 0 Å². The molecule has 1 aliphatic rings. The molecule has 0 bridgehead atoms. The zero-order valence-corrected chi connectivity index (χ0v) is 18.3. The molecule has 0 aliphatic heterocycles. The molecule has 1 N–H and O–H groups in total. The van der Waals surface area contributed by atoms with E-state index in [0.717, 1.165) is 11.1 Å². The number of anilines is 1. The molecule has 150 valence electrons. The van der Waals surface area contributed by atoms with Crippen molar-refractivity contribution in [3.8, 4) is 0 Å². The smallest absolute Gasteiger partial charge is 0.248 e. The van der Waals surface area contributed by atoms with Crippen molar-refractivity contribution in [2.45, 2.75) is 53.5 Å². The van der Waals surface area contributed by atoms with E-state index in [2.05, 4.69) is 22.1 Å². The third kappa shape index (κ3) is 3.88. The summed E-state index contributed by atoms with van der Waals surface area (Å²) in [7, 11) is -3.84. The predicted octanol–water partition coefficient (Wildman–Crippen LogP) is 4.16. The lowest BCUT2D eigenvalue weighted by Gasteiger charge is -2.27. The van der Waals surface area contributed by atoms with Crippen LogP contribution < -0.4 is 5.32 Å². The third-order valence-electron chi connectivity index (χ3n) is 5.08. The van der Waals surface area contributed by atoms with Crippen molar-refractivity contribution in [2.75, 3.05) is 11.1 Å². The van der Waals surface area contributed by atoms with E-state index in [-0.39, 0.29) is 4.90 Å². The number of hydrogen-bond acceptors (Lipinski definition) is 7. The van der Waals surface area contributed by atoms with Crippen LogP contribution in [0, 0.1) is 13.8 Å². The fourth-order valence-electron chi connectivity index (χ4n) is 3.33. The number of nitrogens with one attached hydrogen (secondary N) is 1. The van der Waals surface area contributed by atoms with Gasteiger partial charge in [0.05, 0.1) is 4.90 Å². The Kier molecular flexibility index (Phi) is 6.26. The fraction of sp³-hybridized carbons (Fsp3) is 0.421. The van der Waals surface area contributed by atoms with Crippen molar-refractivity contribution < 1.29 is 13.2 Å². The molecule has 1 saturated carbocycles. The van der Waals surface area contributed by atoms with Gasteiger partial charge in [-0.2, -0.15) is 0 Å². The van der Waals surface area contributed by atoms with E-state index >= 15 is 0 Å². The van der Waals surface area contributed by atoms with E-state index in [1.54, 1.807) is 24.3 Å². The van der Waals surface area contributed by atoms with Crippen LogP contribution in [0.5, 0.6) is 0 Å². The molecule has 0 saturated heterocycles. The van der Waals surface area contributed by atoms with Crippen molar-refractivity contribution >= 4 is 44.0 Å². The van der Waals surface area contributed by atoms with Crippen LogP contribution in [-0.4, -0.2) is 35.0 Å². The molecule has 1 aromatic heterocycles. The van der Waals surface area contributed by atoms with Crippen LogP contribution in [0.15, 0.2) is 40.1 Å². The predicted molar refractivity (Wildman–Crippen MR) is 114 cm³/mol. The van der Waals surface area contributed by atoms with Gasteiger partial charge in [-0.1, -0.05) is 48.1 Å². The fourth-order valence-corrected chi connectivity index (χ4v) is 6.99. The molecule has 1 heterocycles. The van der Waals surface area contributed by atoms with Crippen molar-refractivity contribution in [1.29, 1.82) is 0 Å². The quantitative estimate of drug-likeness (QED) is 0.397. The number of aromatic nitrogens is 2. The summed E-state index contributed by atoms with van der Waals surface area (Å²) in [6.07, 6.45) is 3.78. The Morgan fingerprint density at radius 3 is 2.64 bits per heavy atom. The van der Waals surface area contributed by atoms with Gasteiger partial charge in [0.25, 0.3) is 0 Å². The van der Waals surface area contributed by atoms with Gasteiger partial charge in [-0.05, 0) is 49.9 Å². The van der Waals surface area contributed by atoms with Crippen molar-refractivity contribution in [3.05, 3.63) is 42.0 Å². The third-order valence-corrected chi connectivity index (χ3v) is 9.54. The minimum Gasteiger partial charge on any atom is -0.299 e. The first-order valence-corrected chi connectivity index (χ1v) is 12.3. The van der Waals surface area contributed by atoms with E-state index in [4.69, 9.17) is 0 Å². The number of amides is 1. The van der Waals surface area contributed by atoms with Gasteiger partial charge in [0, 0.05) is 5.75 Å². The summed E-state index contributed by atoms with van der Waals surface area (Å²) in [6, 6.07) is 5.05. The topological polar surface area (TPSA) is 89.0 Å². The summed E-state index contributed by atoms with van der Waals surface area (Å²) in [5.74, 6) is 0.174. The Balaban J connectivity index is 1.90. The molecule has 2 aromatic rings. The molecule has 0 radical (unpaired) electrons. The first-order valence-electron chi connectivity index (χ1n) is 9.01. The number of sulfone groups is 1. The Morgan fingerprint density at radius 1 is 1.29 bits per heavy atom. The molecule has 1 fully saturated rings. The monoisotopic (exact) mass is 437 g/mol. The standard InChI is InChI=1S/C19H23N3O3S3/c1-4-11-26-18-22-21-17(27-18)20-16(23)19(9-5-6-10-19)28(24,25)15-8-7-13(2)14(3)12-15/h4,7-8,12H,1,5-6,9-11H2,2-3H3,(H,20,21,23). The summed E-state index contributed by atoms with van der Waals surface area (Å²) in [4.78, 5) is 13.4. The largest absolute Gasteiger partial charge is 0.299 e. The van der Waals surface area contributed by atoms with Gasteiger partial charge in [-0.15, -0.1) is 16.8 Å². The highest BCUT2D eigenvalue weighted by atomic mass is 32.2. The van der Waals surface area contributed by atoms with Crippen molar-refractivity contribution in [2.24, 2.45) is 0 Å². The number of benzene rings is 1. The van der Waals surface area contributed by atoms with Crippen LogP contribution in [0.4, 0.5) is 5.13 Å². The molecule has 1 aromatic carbocycles. The number of carbonyl (C=O) groups excluding carboxylic acids is 1. The van der Waals surface area contributed by atoms with E-state index in [0.29, 0.717) is 40.9 Å². The SMILES string of the molecule is C=CCSc1nnc(NC(=O)C2(S(=O)(=O)c3ccc(C)c(C)c3)CCCC2)s1. The van der Waals surface area contributed by atoms with E-state index < -0.39 is 20.5 Å². The average Bonchev–Trinajstić information content (AvgIpc) is 3.32. The van der Waals surface area contributed by atoms with Gasteiger partial charge in [0.1, 0.15) is 0 Å². The summed E-state index contributed by atoms with van der Waals surface area (Å²) in [5.41, 5.74) is 1.91. The van der Waals surface area contributed by atoms with Gasteiger partial charge in [-0.25, -0.2) is 8.42 Å². The highest BCUT2D eigenvalue weighted by Gasteiger charge is 2.53. The van der Waals surface area contributed by atoms with Crippen molar-refractivity contribution in [3.63, 3.8) is 0 Å². The first kappa shape index (κ1) is 21.0. The lowest BCUT2D eigenvalue weighted by molar-refractivity contribution is -0.118. The zero-order chi connectivity index (χ0) is 20.4. The second-order valence-electron chi connectivity index (χ2n) is 6.88. The molecule has 1 aliphatic carbocycles. The van der Waals surface area contributed by atoms with Crippen molar-refractivity contribution in [1.82, 2.24) is 10.2 Å². The first-order chi connectivity index (χ1) is 13.3. The van der Waals surface area contributed by atoms with Gasteiger partial charge in [0.2, 0.25) is 11.0 Å². The Hall–Kier alpha value is -1.71. The number of carbonyl (C=O) groups is 1. The van der Waals surface area contributed by atoms with Gasteiger partial charge in [-0.3, -0.25) is 10.1 Å². The number of aryl methyl sites for hydroxylation is 2. The normalized spacial score (nSPS) is 16.1. The number of nitrogens with zero attached hydrogens (tertiary/aromatic N) is 2. The van der Waals surface area contributed by atoms with Gasteiger partial charge in [0.15, 0.2) is 18.9 Å². The maximum Gasteiger partial charge on any atom is 0.248 e. The van der Waals surface area contributed by atoms with Crippen LogP contribution in [0.1, 0.15) is 36.8 Å². The summed E-state index contributed by atoms with van der Waals surface area (Å²) < 4.78 is 26.2.